The standard InChI is InChI=1S/C30H22N2O5/c1-19-9-7-11-21-17-31-23-13-3-5-15-25(23)33-29(31,35-27(19)21)37-30-32(24-14-4-6-16-26(24)34-30)18-22-12-8-10-20(2)28(22)36-30/h3-18H,1-2H3/q+2. The van der Waals surface area contributed by atoms with Crippen molar-refractivity contribution in [2.24, 2.45) is 0 Å². The summed E-state index contributed by atoms with van der Waals surface area (Å²) in [5.74, 6) is 2.58. The fraction of sp³-hybridized carbons (Fsp3) is 0.133. The highest BCUT2D eigenvalue weighted by atomic mass is 17.0. The fourth-order valence-corrected chi connectivity index (χ4v) is 5.31. The maximum Gasteiger partial charge on any atom is 0.632 e. The van der Waals surface area contributed by atoms with Crippen molar-refractivity contribution in [3.8, 4) is 23.0 Å². The van der Waals surface area contributed by atoms with Gasteiger partial charge in [0, 0.05) is 12.1 Å². The zero-order valence-electron chi connectivity index (χ0n) is 20.2. The van der Waals surface area contributed by atoms with Gasteiger partial charge in [-0.25, -0.2) is 0 Å². The quantitative estimate of drug-likeness (QED) is 0.355. The predicted molar refractivity (Wildman–Crippen MR) is 134 cm³/mol. The Labute approximate surface area is 213 Å². The van der Waals surface area contributed by atoms with E-state index in [0.717, 1.165) is 33.6 Å². The van der Waals surface area contributed by atoms with Crippen molar-refractivity contribution >= 4 is 23.8 Å². The molecule has 0 amide bonds. The van der Waals surface area contributed by atoms with Crippen LogP contribution in [0.5, 0.6) is 23.0 Å². The molecule has 7 nitrogen and oxygen atoms in total. The van der Waals surface area contributed by atoms with Crippen LogP contribution in [0.1, 0.15) is 22.3 Å². The van der Waals surface area contributed by atoms with E-state index in [-0.39, 0.29) is 0 Å². The lowest BCUT2D eigenvalue weighted by Crippen LogP contribution is -2.64. The fourth-order valence-electron chi connectivity index (χ4n) is 5.31. The minimum atomic E-state index is -1.73. The summed E-state index contributed by atoms with van der Waals surface area (Å²) in [7, 11) is 0. The van der Waals surface area contributed by atoms with Crippen molar-refractivity contribution in [1.82, 2.24) is 0 Å². The third-order valence-corrected chi connectivity index (χ3v) is 7.06. The highest BCUT2D eigenvalue weighted by Gasteiger charge is 2.74. The highest BCUT2D eigenvalue weighted by Crippen LogP contribution is 2.51. The predicted octanol–water partition coefficient (Wildman–Crippen LogP) is 5.34. The molecule has 0 spiro atoms. The zero-order chi connectivity index (χ0) is 24.8. The van der Waals surface area contributed by atoms with Crippen LogP contribution in [0, 0.1) is 13.8 Å². The van der Waals surface area contributed by atoms with Gasteiger partial charge in [-0.15, -0.1) is 0 Å². The van der Waals surface area contributed by atoms with E-state index in [0.29, 0.717) is 23.0 Å². The van der Waals surface area contributed by atoms with E-state index in [1.807, 2.05) is 120 Å². The molecule has 4 heterocycles. The van der Waals surface area contributed by atoms with Gasteiger partial charge in [0.25, 0.3) is 11.4 Å². The Balaban J connectivity index is 1.34. The summed E-state index contributed by atoms with van der Waals surface area (Å²) in [6, 6.07) is 27.5. The molecule has 4 aliphatic rings. The van der Waals surface area contributed by atoms with Crippen molar-refractivity contribution in [2.75, 3.05) is 0 Å². The first-order valence-corrected chi connectivity index (χ1v) is 12.2. The third-order valence-electron chi connectivity index (χ3n) is 7.06. The van der Waals surface area contributed by atoms with Crippen molar-refractivity contribution in [1.29, 1.82) is 0 Å². The van der Waals surface area contributed by atoms with Gasteiger partial charge in [-0.2, -0.15) is 0 Å². The van der Waals surface area contributed by atoms with Gasteiger partial charge in [-0.3, -0.25) is 0 Å². The molecular weight excluding hydrogens is 468 g/mol. The average Bonchev–Trinajstić information content (AvgIpc) is 3.38. The van der Waals surface area contributed by atoms with Gasteiger partial charge < -0.3 is 18.9 Å². The molecule has 37 heavy (non-hydrogen) atoms. The van der Waals surface area contributed by atoms with Gasteiger partial charge in [0.15, 0.2) is 23.9 Å². The number of benzene rings is 4. The maximum absolute atomic E-state index is 6.84. The van der Waals surface area contributed by atoms with Crippen LogP contribution in [0.3, 0.4) is 0 Å². The molecule has 0 N–H and O–H groups in total. The molecule has 2 unspecified atom stereocenters. The van der Waals surface area contributed by atoms with Gasteiger partial charge >= 0.3 is 12.2 Å². The van der Waals surface area contributed by atoms with Crippen molar-refractivity contribution in [2.45, 2.75) is 26.0 Å². The first kappa shape index (κ1) is 20.6. The second-order valence-electron chi connectivity index (χ2n) is 9.48. The highest BCUT2D eigenvalue weighted by molar-refractivity contribution is 5.84. The van der Waals surface area contributed by atoms with Crippen LogP contribution in [0.15, 0.2) is 84.9 Å². The number of rotatable bonds is 2. The van der Waals surface area contributed by atoms with Crippen LogP contribution in [-0.4, -0.2) is 33.8 Å². The van der Waals surface area contributed by atoms with Gasteiger partial charge in [-0.05, 0) is 49.2 Å². The molecule has 0 aliphatic carbocycles. The van der Waals surface area contributed by atoms with Gasteiger partial charge in [0.2, 0.25) is 11.5 Å². The summed E-state index contributed by atoms with van der Waals surface area (Å²) in [4.78, 5) is 0. The summed E-state index contributed by atoms with van der Waals surface area (Å²) < 4.78 is 36.8. The summed E-state index contributed by atoms with van der Waals surface area (Å²) in [6.07, 6.45) is 0.507. The van der Waals surface area contributed by atoms with E-state index in [2.05, 4.69) is 0 Å². The first-order valence-electron chi connectivity index (χ1n) is 12.2. The Hall–Kier alpha value is -4.62. The molecule has 0 radical (unpaired) electrons. The molecule has 0 aromatic heterocycles. The number of hydrogen-bond donors (Lipinski definition) is 0. The van der Waals surface area contributed by atoms with Crippen LogP contribution in [0.2, 0.25) is 0 Å². The topological polar surface area (TPSA) is 52.2 Å². The number of para-hydroxylation sites is 6. The maximum atomic E-state index is 6.84. The van der Waals surface area contributed by atoms with Crippen LogP contribution >= 0.6 is 0 Å². The molecule has 4 aromatic rings. The Morgan fingerprint density at radius 1 is 0.541 bits per heavy atom. The minimum Gasteiger partial charge on any atom is -0.372 e. The van der Waals surface area contributed by atoms with Crippen molar-refractivity contribution in [3.63, 3.8) is 0 Å². The normalized spacial score (nSPS) is 23.3. The van der Waals surface area contributed by atoms with E-state index >= 15 is 0 Å². The molecule has 180 valence electrons. The van der Waals surface area contributed by atoms with Crippen LogP contribution in [0.25, 0.3) is 0 Å². The summed E-state index contributed by atoms with van der Waals surface area (Å²) in [5, 5.41) is 0. The number of ether oxygens (including phenoxy) is 5. The summed E-state index contributed by atoms with van der Waals surface area (Å²) in [6.45, 7) is 3.99. The van der Waals surface area contributed by atoms with Gasteiger partial charge in [0.1, 0.15) is 0 Å². The second kappa shape index (κ2) is 6.99. The number of nitrogens with zero attached hydrogens (tertiary/aromatic N) is 2. The Bertz CT molecular complexity index is 1590. The van der Waals surface area contributed by atoms with Gasteiger partial charge in [-0.1, -0.05) is 62.4 Å². The van der Waals surface area contributed by atoms with E-state index in [4.69, 9.17) is 23.7 Å². The molecule has 4 aromatic carbocycles. The molecule has 7 heteroatoms. The smallest absolute Gasteiger partial charge is 0.372 e. The molecule has 0 bridgehead atoms. The van der Waals surface area contributed by atoms with Gasteiger partial charge in [0.05, 0.1) is 11.1 Å². The van der Waals surface area contributed by atoms with Crippen LogP contribution in [0.4, 0.5) is 11.4 Å². The van der Waals surface area contributed by atoms with Crippen molar-refractivity contribution < 1.29 is 32.8 Å². The average molecular weight is 491 g/mol. The molecule has 0 saturated heterocycles. The number of hydrogen-bond acceptors (Lipinski definition) is 5. The monoisotopic (exact) mass is 490 g/mol. The lowest BCUT2D eigenvalue weighted by Gasteiger charge is -2.32. The molecular formula is C30H22N2O5+2. The molecule has 4 aliphatic heterocycles. The summed E-state index contributed by atoms with van der Waals surface area (Å²) in [5.41, 5.74) is 5.37. The van der Waals surface area contributed by atoms with E-state index in [9.17, 15) is 0 Å². The van der Waals surface area contributed by atoms with Crippen LogP contribution in [-0.2, 0) is 4.74 Å². The Morgan fingerprint density at radius 3 is 1.49 bits per heavy atom. The Morgan fingerprint density at radius 2 is 1.00 bits per heavy atom. The third kappa shape index (κ3) is 2.74. The minimum absolute atomic E-state index is 0.624. The number of aryl methyl sites for hydroxylation is 2. The Kier molecular flexibility index (Phi) is 3.88. The first-order chi connectivity index (χ1) is 18.1. The van der Waals surface area contributed by atoms with E-state index in [1.54, 1.807) is 0 Å². The SMILES string of the molecule is Cc1cccc2c1OC1(OC34Oc5ccccc5[N+]3=Cc3cccc(C)c3O4)Oc3ccccc3[N+]1=C2. The summed E-state index contributed by atoms with van der Waals surface area (Å²) >= 11 is 0. The van der Waals surface area contributed by atoms with Crippen LogP contribution < -0.4 is 18.9 Å². The lowest BCUT2D eigenvalue weighted by atomic mass is 10.1. The molecule has 8 rings (SSSR count). The molecule has 2 atom stereocenters. The lowest BCUT2D eigenvalue weighted by molar-refractivity contribution is -0.787. The second-order valence-corrected chi connectivity index (χ2v) is 9.48. The largest absolute Gasteiger partial charge is 0.632 e. The van der Waals surface area contributed by atoms with Crippen molar-refractivity contribution in [3.05, 3.63) is 107 Å². The zero-order valence-corrected chi connectivity index (χ0v) is 20.2. The molecule has 0 saturated carbocycles. The van der Waals surface area contributed by atoms with E-state index in [1.165, 1.54) is 0 Å². The van der Waals surface area contributed by atoms with E-state index < -0.39 is 12.2 Å². The molecule has 0 fully saturated rings. The number of fused-ring (bicyclic) bond motifs is 8.